The number of carbonyl (C=O) groups excluding carboxylic acids is 1. The minimum Gasteiger partial charge on any atom is -0.368 e. The van der Waals surface area contributed by atoms with Crippen LogP contribution in [-0.4, -0.2) is 43.7 Å². The van der Waals surface area contributed by atoms with E-state index in [1.54, 1.807) is 30.1 Å². The molecule has 0 aliphatic rings. The second-order valence-electron chi connectivity index (χ2n) is 7.22. The fourth-order valence-corrected chi connectivity index (χ4v) is 3.14. The molecule has 162 valence electrons. The lowest BCUT2D eigenvalue weighted by atomic mass is 10.1. The van der Waals surface area contributed by atoms with Crippen molar-refractivity contribution in [3.8, 4) is 11.3 Å². The second kappa shape index (κ2) is 9.69. The first-order chi connectivity index (χ1) is 15.6. The SMILES string of the molecule is Cc1ccnc(Nc2cc(NCCNC(=O)c3cc(-c4ccccc4)nn3C)ncn2)c1. The van der Waals surface area contributed by atoms with Gasteiger partial charge < -0.3 is 16.0 Å². The Morgan fingerprint density at radius 3 is 2.53 bits per heavy atom. The van der Waals surface area contributed by atoms with Crippen molar-refractivity contribution in [2.75, 3.05) is 23.7 Å². The van der Waals surface area contributed by atoms with Crippen molar-refractivity contribution < 1.29 is 4.79 Å². The standard InChI is InChI=1S/C23H24N8O/c1-16-8-9-24-21(12-16)29-22-14-20(27-15-28-22)25-10-11-26-23(32)19-13-18(30-31(19)2)17-6-4-3-5-7-17/h3-9,12-15H,10-11H2,1-2H3,(H,26,32)(H2,24,25,27,28,29). The number of nitrogens with one attached hydrogen (secondary N) is 3. The number of hydrogen-bond acceptors (Lipinski definition) is 7. The van der Waals surface area contributed by atoms with E-state index in [1.807, 2.05) is 49.4 Å². The van der Waals surface area contributed by atoms with Crippen LogP contribution in [0.1, 0.15) is 16.1 Å². The van der Waals surface area contributed by atoms with E-state index >= 15 is 0 Å². The highest BCUT2D eigenvalue weighted by molar-refractivity contribution is 5.93. The van der Waals surface area contributed by atoms with Gasteiger partial charge in [0.25, 0.3) is 5.91 Å². The number of pyridine rings is 1. The van der Waals surface area contributed by atoms with E-state index in [0.29, 0.717) is 36.2 Å². The Hall–Kier alpha value is -4.27. The largest absolute Gasteiger partial charge is 0.368 e. The molecule has 3 heterocycles. The molecule has 1 aromatic carbocycles. The third-order valence-corrected chi connectivity index (χ3v) is 4.74. The fourth-order valence-electron chi connectivity index (χ4n) is 3.14. The summed E-state index contributed by atoms with van der Waals surface area (Å²) >= 11 is 0. The summed E-state index contributed by atoms with van der Waals surface area (Å²) in [6.07, 6.45) is 3.21. The summed E-state index contributed by atoms with van der Waals surface area (Å²) in [6, 6.07) is 17.2. The molecule has 0 aliphatic heterocycles. The summed E-state index contributed by atoms with van der Waals surface area (Å²) in [7, 11) is 1.76. The quantitative estimate of drug-likeness (QED) is 0.370. The van der Waals surface area contributed by atoms with Crippen LogP contribution < -0.4 is 16.0 Å². The Balaban J connectivity index is 1.29. The van der Waals surface area contributed by atoms with Gasteiger partial charge in [-0.1, -0.05) is 30.3 Å². The summed E-state index contributed by atoms with van der Waals surface area (Å²) in [5.74, 6) is 1.82. The van der Waals surface area contributed by atoms with E-state index in [1.165, 1.54) is 6.33 Å². The highest BCUT2D eigenvalue weighted by Gasteiger charge is 2.13. The molecule has 0 unspecified atom stereocenters. The number of benzene rings is 1. The molecule has 3 N–H and O–H groups in total. The van der Waals surface area contributed by atoms with Crippen LogP contribution >= 0.6 is 0 Å². The van der Waals surface area contributed by atoms with Gasteiger partial charge in [-0.25, -0.2) is 15.0 Å². The van der Waals surface area contributed by atoms with Gasteiger partial charge in [-0.3, -0.25) is 9.48 Å². The number of rotatable bonds is 8. The maximum absolute atomic E-state index is 12.6. The molecular formula is C23H24N8O. The summed E-state index contributed by atoms with van der Waals surface area (Å²) in [5.41, 5.74) is 3.34. The van der Waals surface area contributed by atoms with Gasteiger partial charge in [-0.15, -0.1) is 0 Å². The number of amides is 1. The van der Waals surface area contributed by atoms with E-state index in [0.717, 1.165) is 16.8 Å². The Morgan fingerprint density at radius 1 is 0.938 bits per heavy atom. The third-order valence-electron chi connectivity index (χ3n) is 4.74. The number of aromatic nitrogens is 5. The number of aryl methyl sites for hydroxylation is 2. The number of nitrogens with zero attached hydrogens (tertiary/aromatic N) is 5. The van der Waals surface area contributed by atoms with Gasteiger partial charge in [0.2, 0.25) is 0 Å². The molecule has 3 aromatic heterocycles. The third kappa shape index (κ3) is 5.25. The van der Waals surface area contributed by atoms with Gasteiger partial charge >= 0.3 is 0 Å². The van der Waals surface area contributed by atoms with E-state index in [-0.39, 0.29) is 5.91 Å². The minimum absolute atomic E-state index is 0.181. The van der Waals surface area contributed by atoms with Crippen molar-refractivity contribution in [3.05, 3.63) is 78.4 Å². The van der Waals surface area contributed by atoms with Crippen molar-refractivity contribution >= 4 is 23.4 Å². The number of carbonyl (C=O) groups is 1. The second-order valence-corrected chi connectivity index (χ2v) is 7.22. The molecule has 4 aromatic rings. The maximum Gasteiger partial charge on any atom is 0.269 e. The molecule has 0 aliphatic carbocycles. The fraction of sp³-hybridized carbons (Fsp3) is 0.174. The van der Waals surface area contributed by atoms with Crippen molar-refractivity contribution in [2.24, 2.45) is 7.05 Å². The van der Waals surface area contributed by atoms with Gasteiger partial charge in [-0.05, 0) is 30.7 Å². The van der Waals surface area contributed by atoms with Gasteiger partial charge in [0.15, 0.2) is 0 Å². The highest BCUT2D eigenvalue weighted by atomic mass is 16.2. The van der Waals surface area contributed by atoms with Crippen LogP contribution in [0.3, 0.4) is 0 Å². The summed E-state index contributed by atoms with van der Waals surface area (Å²) in [4.78, 5) is 25.3. The molecule has 0 fully saturated rings. The van der Waals surface area contributed by atoms with Crippen molar-refractivity contribution in [1.82, 2.24) is 30.0 Å². The average molecular weight is 429 g/mol. The monoisotopic (exact) mass is 428 g/mol. The van der Waals surface area contributed by atoms with Gasteiger partial charge in [0, 0.05) is 38.0 Å². The van der Waals surface area contributed by atoms with Crippen molar-refractivity contribution in [2.45, 2.75) is 6.92 Å². The smallest absolute Gasteiger partial charge is 0.269 e. The van der Waals surface area contributed by atoms with Crippen LogP contribution in [-0.2, 0) is 7.05 Å². The summed E-state index contributed by atoms with van der Waals surface area (Å²) in [6.45, 7) is 2.94. The lowest BCUT2D eigenvalue weighted by Crippen LogP contribution is -2.30. The molecule has 9 nitrogen and oxygen atoms in total. The van der Waals surface area contributed by atoms with Gasteiger partial charge in [0.1, 0.15) is 29.5 Å². The Bertz CT molecular complexity index is 1210. The molecule has 0 atom stereocenters. The Morgan fingerprint density at radius 2 is 1.72 bits per heavy atom. The molecule has 9 heteroatoms. The molecule has 1 amide bonds. The van der Waals surface area contributed by atoms with E-state index in [4.69, 9.17) is 0 Å². The predicted molar refractivity (Wildman–Crippen MR) is 124 cm³/mol. The van der Waals surface area contributed by atoms with Gasteiger partial charge in [-0.2, -0.15) is 5.10 Å². The van der Waals surface area contributed by atoms with Crippen LogP contribution in [0.4, 0.5) is 17.5 Å². The zero-order chi connectivity index (χ0) is 22.3. The first-order valence-electron chi connectivity index (χ1n) is 10.2. The van der Waals surface area contributed by atoms with E-state index < -0.39 is 0 Å². The molecule has 4 rings (SSSR count). The van der Waals surface area contributed by atoms with Crippen LogP contribution in [0.25, 0.3) is 11.3 Å². The molecular weight excluding hydrogens is 404 g/mol. The van der Waals surface area contributed by atoms with Crippen LogP contribution in [0.2, 0.25) is 0 Å². The molecule has 32 heavy (non-hydrogen) atoms. The highest BCUT2D eigenvalue weighted by Crippen LogP contribution is 2.18. The minimum atomic E-state index is -0.181. The van der Waals surface area contributed by atoms with Crippen molar-refractivity contribution in [1.29, 1.82) is 0 Å². The first kappa shape index (κ1) is 21.0. The van der Waals surface area contributed by atoms with E-state index in [9.17, 15) is 4.79 Å². The Kier molecular flexibility index (Phi) is 6.35. The molecule has 0 spiro atoms. The Labute approximate surface area is 186 Å². The normalized spacial score (nSPS) is 10.6. The average Bonchev–Trinajstić information content (AvgIpc) is 3.19. The number of anilines is 3. The maximum atomic E-state index is 12.6. The lowest BCUT2D eigenvalue weighted by molar-refractivity contribution is 0.0946. The zero-order valence-corrected chi connectivity index (χ0v) is 17.9. The summed E-state index contributed by atoms with van der Waals surface area (Å²) < 4.78 is 1.59. The molecule has 0 saturated carbocycles. The topological polar surface area (TPSA) is 110 Å². The summed E-state index contributed by atoms with van der Waals surface area (Å²) in [5, 5.41) is 13.7. The molecule has 0 bridgehead atoms. The van der Waals surface area contributed by atoms with Crippen molar-refractivity contribution in [3.63, 3.8) is 0 Å². The first-order valence-corrected chi connectivity index (χ1v) is 10.2. The molecule has 0 radical (unpaired) electrons. The van der Waals surface area contributed by atoms with Crippen LogP contribution in [0.5, 0.6) is 0 Å². The lowest BCUT2D eigenvalue weighted by Gasteiger charge is -2.09. The van der Waals surface area contributed by atoms with Gasteiger partial charge in [0.05, 0.1) is 5.69 Å². The van der Waals surface area contributed by atoms with E-state index in [2.05, 4.69) is 36.0 Å². The predicted octanol–water partition coefficient (Wildman–Crippen LogP) is 3.17. The van der Waals surface area contributed by atoms with Crippen LogP contribution in [0.15, 0.2) is 67.1 Å². The number of hydrogen-bond donors (Lipinski definition) is 3. The molecule has 0 saturated heterocycles. The van der Waals surface area contributed by atoms with Crippen LogP contribution in [0, 0.1) is 6.92 Å². The zero-order valence-electron chi connectivity index (χ0n) is 17.9.